The van der Waals surface area contributed by atoms with Crippen LogP contribution in [-0.2, 0) is 17.1 Å². The molecular weight excluding hydrogens is 161 g/mol. The Morgan fingerprint density at radius 1 is 1.43 bits per heavy atom. The quantitative estimate of drug-likeness (QED) is 0.347. The van der Waals surface area contributed by atoms with Crippen molar-refractivity contribution in [3.63, 3.8) is 0 Å². The molecular formula is CH6CuNNaO3. The maximum absolute atomic E-state index is 8.56. The molecule has 6 heteroatoms. The average molecular weight is 167 g/mol. The summed E-state index contributed by atoms with van der Waals surface area (Å²) in [6.45, 7) is 0. The first-order valence-electron chi connectivity index (χ1n) is 0.651. The van der Waals surface area contributed by atoms with Crippen LogP contribution in [0.3, 0.4) is 0 Å². The molecule has 7 heavy (non-hydrogen) atoms. The van der Waals surface area contributed by atoms with Crippen molar-refractivity contribution >= 4 is 6.16 Å². The summed E-state index contributed by atoms with van der Waals surface area (Å²) < 4.78 is 0. The Balaban J connectivity index is -0.00000000750. The standard InChI is InChI=1S/CH2O3.Cu.H3N.Na.H/c2-1(3)4;;;;/h(H2,2,3,4);;1H3;;/q;;;+1;-1. The molecule has 0 aromatic carbocycles. The maximum Gasteiger partial charge on any atom is 1.00 e. The summed E-state index contributed by atoms with van der Waals surface area (Å²) in [5.41, 5.74) is 0. The van der Waals surface area contributed by atoms with Crippen molar-refractivity contribution in [1.29, 1.82) is 0 Å². The second kappa shape index (κ2) is 15.9. The normalized spacial score (nSPS) is 3.43. The smallest absolute Gasteiger partial charge is 1.00 e. The minimum Gasteiger partial charge on any atom is -1.00 e. The van der Waals surface area contributed by atoms with Crippen molar-refractivity contribution in [3.05, 3.63) is 0 Å². The summed E-state index contributed by atoms with van der Waals surface area (Å²) in [5, 5.41) is 13.9. The molecule has 0 unspecified atom stereocenters. The fraction of sp³-hybridized carbons (Fsp3) is 0. The van der Waals surface area contributed by atoms with Gasteiger partial charge in [-0.2, -0.15) is 0 Å². The fourth-order valence-electron chi connectivity index (χ4n) is 0. The molecule has 45 valence electrons. The Morgan fingerprint density at radius 3 is 1.43 bits per heavy atom. The molecule has 1 radical (unpaired) electrons. The van der Waals surface area contributed by atoms with Gasteiger partial charge < -0.3 is 17.8 Å². The number of rotatable bonds is 0. The number of carbonyl (C=O) groups is 1. The Bertz CT molecular complexity index is 42.3. The molecule has 0 rings (SSSR count). The maximum atomic E-state index is 8.56. The predicted molar refractivity (Wildman–Crippen MR) is 16.8 cm³/mol. The zero-order chi connectivity index (χ0) is 3.58. The molecule has 0 fully saturated rings. The Morgan fingerprint density at radius 2 is 1.43 bits per heavy atom. The van der Waals surface area contributed by atoms with Gasteiger partial charge in [0.2, 0.25) is 0 Å². The van der Waals surface area contributed by atoms with E-state index >= 15 is 0 Å². The van der Waals surface area contributed by atoms with Gasteiger partial charge in [-0.3, -0.25) is 0 Å². The molecule has 0 aromatic rings. The molecule has 0 spiro atoms. The monoisotopic (exact) mass is 166 g/mol. The van der Waals surface area contributed by atoms with Crippen molar-refractivity contribution in [2.45, 2.75) is 0 Å². The van der Waals surface area contributed by atoms with Crippen molar-refractivity contribution in [2.75, 3.05) is 0 Å². The summed E-state index contributed by atoms with van der Waals surface area (Å²) in [6, 6.07) is 0. The van der Waals surface area contributed by atoms with Crippen LogP contribution in [-0.4, -0.2) is 16.4 Å². The van der Waals surface area contributed by atoms with Gasteiger partial charge in [0.1, 0.15) is 0 Å². The van der Waals surface area contributed by atoms with Crippen molar-refractivity contribution in [3.8, 4) is 0 Å². The molecule has 0 aliphatic carbocycles. The number of hydrogen-bond donors (Lipinski definition) is 3. The SMILES string of the molecule is N.O=C(O)O.[Cu].[H-].[Na+]. The summed E-state index contributed by atoms with van der Waals surface area (Å²) in [6.07, 6.45) is -1.83. The van der Waals surface area contributed by atoms with E-state index in [1.165, 1.54) is 0 Å². The molecule has 4 nitrogen and oxygen atoms in total. The number of hydrogen-bond acceptors (Lipinski definition) is 2. The van der Waals surface area contributed by atoms with E-state index in [9.17, 15) is 0 Å². The molecule has 0 amide bonds. The van der Waals surface area contributed by atoms with Gasteiger partial charge in [-0.1, -0.05) is 0 Å². The van der Waals surface area contributed by atoms with E-state index in [0.717, 1.165) is 0 Å². The second-order valence-corrected chi connectivity index (χ2v) is 0.283. The first-order valence-corrected chi connectivity index (χ1v) is 0.651. The first kappa shape index (κ1) is 25.1. The fourth-order valence-corrected chi connectivity index (χ4v) is 0. The van der Waals surface area contributed by atoms with Gasteiger partial charge >= 0.3 is 35.7 Å². The third kappa shape index (κ3) is 271. The predicted octanol–water partition coefficient (Wildman–Crippen LogP) is -2.50. The molecule has 0 aliphatic rings. The van der Waals surface area contributed by atoms with Gasteiger partial charge in [0.15, 0.2) is 0 Å². The Hall–Kier alpha value is 0.749. The van der Waals surface area contributed by atoms with Gasteiger partial charge in [-0.15, -0.1) is 0 Å². The van der Waals surface area contributed by atoms with Crippen LogP contribution in [0.4, 0.5) is 4.79 Å². The van der Waals surface area contributed by atoms with Crippen molar-refractivity contribution < 1.29 is 63.1 Å². The third-order valence-electron chi connectivity index (χ3n) is 0. The van der Waals surface area contributed by atoms with E-state index in [4.69, 9.17) is 15.0 Å². The summed E-state index contributed by atoms with van der Waals surface area (Å²) in [4.78, 5) is 8.56. The zero-order valence-electron chi connectivity index (χ0n) is 4.81. The third-order valence-corrected chi connectivity index (χ3v) is 0. The van der Waals surface area contributed by atoms with Gasteiger partial charge in [-0.25, -0.2) is 4.79 Å². The molecule has 0 bridgehead atoms. The van der Waals surface area contributed by atoms with Crippen LogP contribution in [0.25, 0.3) is 0 Å². The van der Waals surface area contributed by atoms with Crippen LogP contribution < -0.4 is 35.7 Å². The van der Waals surface area contributed by atoms with E-state index < -0.39 is 6.16 Å². The summed E-state index contributed by atoms with van der Waals surface area (Å²) in [7, 11) is 0. The molecule has 0 atom stereocenters. The van der Waals surface area contributed by atoms with Crippen LogP contribution >= 0.6 is 0 Å². The summed E-state index contributed by atoms with van der Waals surface area (Å²) >= 11 is 0. The topological polar surface area (TPSA) is 92.5 Å². The zero-order valence-corrected chi connectivity index (χ0v) is 6.75. The molecule has 5 N–H and O–H groups in total. The Kier molecular flexibility index (Phi) is 56.9. The van der Waals surface area contributed by atoms with Crippen LogP contribution in [0, 0.1) is 0 Å². The van der Waals surface area contributed by atoms with Crippen molar-refractivity contribution in [2.24, 2.45) is 0 Å². The largest absolute Gasteiger partial charge is 1.00 e. The van der Waals surface area contributed by atoms with Crippen molar-refractivity contribution in [1.82, 2.24) is 6.15 Å². The minimum absolute atomic E-state index is 0. The van der Waals surface area contributed by atoms with E-state index in [-0.39, 0.29) is 54.2 Å². The van der Waals surface area contributed by atoms with Crippen LogP contribution in [0.1, 0.15) is 1.43 Å². The first-order chi connectivity index (χ1) is 1.73. The van der Waals surface area contributed by atoms with Crippen LogP contribution in [0.5, 0.6) is 0 Å². The van der Waals surface area contributed by atoms with E-state index in [2.05, 4.69) is 0 Å². The van der Waals surface area contributed by atoms with Crippen LogP contribution in [0.2, 0.25) is 0 Å². The molecule has 0 aromatic heterocycles. The van der Waals surface area contributed by atoms with E-state index in [0.29, 0.717) is 0 Å². The van der Waals surface area contributed by atoms with Gasteiger partial charge in [0.05, 0.1) is 0 Å². The van der Waals surface area contributed by atoms with Crippen LogP contribution in [0.15, 0.2) is 0 Å². The van der Waals surface area contributed by atoms with E-state index in [1.807, 2.05) is 0 Å². The number of carboxylic acid groups (broad SMARTS) is 2. The van der Waals surface area contributed by atoms with Gasteiger partial charge in [0, 0.05) is 17.1 Å². The Labute approximate surface area is 75.1 Å². The molecule has 0 aliphatic heterocycles. The summed E-state index contributed by atoms with van der Waals surface area (Å²) in [5.74, 6) is 0. The molecule has 0 saturated carbocycles. The van der Waals surface area contributed by atoms with Gasteiger partial charge in [0.25, 0.3) is 0 Å². The molecule has 0 saturated heterocycles. The molecule has 0 heterocycles. The van der Waals surface area contributed by atoms with E-state index in [1.54, 1.807) is 0 Å². The van der Waals surface area contributed by atoms with Gasteiger partial charge in [-0.05, 0) is 0 Å². The minimum atomic E-state index is -1.83. The average Bonchev–Trinajstić information content (AvgIpc) is 0.811. The second-order valence-electron chi connectivity index (χ2n) is 0.283.